The molecule has 3 aromatic heterocycles. The van der Waals surface area contributed by atoms with Gasteiger partial charge in [0.25, 0.3) is 0 Å². The van der Waals surface area contributed by atoms with E-state index in [9.17, 15) is 0 Å². The van der Waals surface area contributed by atoms with Gasteiger partial charge in [-0.15, -0.1) is 0 Å². The molecule has 3 heteroatoms. The van der Waals surface area contributed by atoms with Gasteiger partial charge in [-0.1, -0.05) is 48.6 Å². The third kappa shape index (κ3) is 1.58. The Kier molecular flexibility index (Phi) is 2.35. The number of allylic oxidation sites excluding steroid dienone is 2. The minimum atomic E-state index is 0.982. The summed E-state index contributed by atoms with van der Waals surface area (Å²) in [5, 5.41) is 6.55. The Morgan fingerprint density at radius 3 is 1.81 bits per heavy atom. The van der Waals surface area contributed by atoms with Gasteiger partial charge < -0.3 is 15.0 Å². The number of rotatable bonds is 0. The van der Waals surface area contributed by atoms with Crippen LogP contribution in [0.3, 0.4) is 0 Å². The second-order valence-corrected chi connectivity index (χ2v) is 7.55. The highest BCUT2D eigenvalue weighted by molar-refractivity contribution is 6.35. The number of fused-ring (bicyclic) bond motifs is 12. The van der Waals surface area contributed by atoms with Gasteiger partial charge in [0.1, 0.15) is 0 Å². The van der Waals surface area contributed by atoms with Crippen molar-refractivity contribution in [1.82, 2.24) is 15.0 Å². The fourth-order valence-electron chi connectivity index (χ4n) is 5.03. The number of hydrogen-bond acceptors (Lipinski definition) is 0. The molecule has 27 heavy (non-hydrogen) atoms. The summed E-state index contributed by atoms with van der Waals surface area (Å²) in [6.45, 7) is 0. The Bertz CT molecular complexity index is 1570. The van der Waals surface area contributed by atoms with Crippen LogP contribution in [0.15, 0.2) is 60.7 Å². The van der Waals surface area contributed by atoms with Crippen molar-refractivity contribution in [2.45, 2.75) is 12.8 Å². The molecule has 0 atom stereocenters. The van der Waals surface area contributed by atoms with Gasteiger partial charge in [0.05, 0.1) is 16.6 Å². The van der Waals surface area contributed by atoms with Gasteiger partial charge >= 0.3 is 0 Å². The van der Waals surface area contributed by atoms with Crippen LogP contribution < -0.4 is 0 Å². The predicted molar refractivity (Wildman–Crippen MR) is 114 cm³/mol. The molecule has 0 bridgehead atoms. The largest absolute Gasteiger partial charge is 0.357 e. The Hall–Kier alpha value is -3.46. The lowest BCUT2D eigenvalue weighted by Crippen LogP contribution is -1.94. The molecule has 0 saturated carbocycles. The molecule has 0 fully saturated rings. The lowest BCUT2D eigenvalue weighted by Gasteiger charge is -2.05. The van der Waals surface area contributed by atoms with E-state index in [1.165, 1.54) is 65.8 Å². The zero-order chi connectivity index (χ0) is 17.5. The molecule has 3 aromatic carbocycles. The summed E-state index contributed by atoms with van der Waals surface area (Å²) in [7, 11) is 0. The number of benzene rings is 3. The third-order valence-corrected chi connectivity index (χ3v) is 6.16. The predicted octanol–water partition coefficient (Wildman–Crippen LogP) is 6.09. The molecule has 3 nitrogen and oxygen atoms in total. The Morgan fingerprint density at radius 1 is 0.556 bits per heavy atom. The average molecular weight is 347 g/mol. The van der Waals surface area contributed by atoms with Crippen LogP contribution in [-0.4, -0.2) is 15.0 Å². The maximum absolute atomic E-state index is 3.78. The number of nitrogens with one attached hydrogen (secondary N) is 3. The van der Waals surface area contributed by atoms with Crippen molar-refractivity contribution >= 4 is 54.5 Å². The van der Waals surface area contributed by atoms with Crippen molar-refractivity contribution in [3.63, 3.8) is 0 Å². The molecule has 0 saturated heterocycles. The van der Waals surface area contributed by atoms with E-state index in [1.54, 1.807) is 0 Å². The fraction of sp³-hybridized carbons (Fsp3) is 0.0833. The lowest BCUT2D eigenvalue weighted by molar-refractivity contribution is 1.06. The van der Waals surface area contributed by atoms with E-state index in [-0.39, 0.29) is 0 Å². The second-order valence-electron chi connectivity index (χ2n) is 7.55. The number of aromatic nitrogens is 3. The van der Waals surface area contributed by atoms with E-state index in [4.69, 9.17) is 0 Å². The van der Waals surface area contributed by atoms with Gasteiger partial charge in [-0.2, -0.15) is 0 Å². The van der Waals surface area contributed by atoms with Crippen LogP contribution in [0.25, 0.3) is 54.5 Å². The van der Waals surface area contributed by atoms with E-state index in [0.29, 0.717) is 0 Å². The Morgan fingerprint density at radius 2 is 1.11 bits per heavy atom. The first-order valence-electron chi connectivity index (χ1n) is 9.51. The van der Waals surface area contributed by atoms with E-state index in [0.717, 1.165) is 12.8 Å². The first kappa shape index (κ1) is 13.7. The molecule has 1 aliphatic carbocycles. The third-order valence-electron chi connectivity index (χ3n) is 6.16. The minimum Gasteiger partial charge on any atom is -0.357 e. The SMILES string of the molecule is C1=CCc2c([nH]c3c2c2[nH]c4ccccc4c2c2[nH]c4ccccc4c32)C1. The lowest BCUT2D eigenvalue weighted by atomic mass is 9.97. The van der Waals surface area contributed by atoms with Crippen LogP contribution in [0, 0.1) is 0 Å². The highest BCUT2D eigenvalue weighted by Crippen LogP contribution is 2.43. The second kappa shape index (κ2) is 4.63. The molecule has 0 amide bonds. The van der Waals surface area contributed by atoms with Crippen molar-refractivity contribution in [3.8, 4) is 0 Å². The highest BCUT2D eigenvalue weighted by Gasteiger charge is 2.22. The fourth-order valence-corrected chi connectivity index (χ4v) is 5.03. The van der Waals surface area contributed by atoms with E-state index in [1.807, 2.05) is 0 Å². The van der Waals surface area contributed by atoms with E-state index in [2.05, 4.69) is 75.6 Å². The average Bonchev–Trinajstić information content (AvgIpc) is 3.38. The molecule has 128 valence electrons. The molecular formula is C24H17N3. The van der Waals surface area contributed by atoms with Crippen molar-refractivity contribution < 1.29 is 0 Å². The zero-order valence-electron chi connectivity index (χ0n) is 14.7. The van der Waals surface area contributed by atoms with Crippen molar-refractivity contribution in [2.24, 2.45) is 0 Å². The van der Waals surface area contributed by atoms with Gasteiger partial charge in [0.15, 0.2) is 0 Å². The topological polar surface area (TPSA) is 47.4 Å². The summed E-state index contributed by atoms with van der Waals surface area (Å²) >= 11 is 0. The van der Waals surface area contributed by atoms with Crippen LogP contribution in [0.5, 0.6) is 0 Å². The zero-order valence-corrected chi connectivity index (χ0v) is 14.7. The molecule has 1 aliphatic rings. The quantitative estimate of drug-likeness (QED) is 0.278. The summed E-state index contributed by atoms with van der Waals surface area (Å²) < 4.78 is 0. The maximum Gasteiger partial charge on any atom is 0.0588 e. The van der Waals surface area contributed by atoms with Crippen LogP contribution in [0.1, 0.15) is 11.3 Å². The first-order valence-corrected chi connectivity index (χ1v) is 9.51. The highest BCUT2D eigenvalue weighted by atomic mass is 14.8. The number of para-hydroxylation sites is 2. The molecule has 7 rings (SSSR count). The maximum atomic E-state index is 3.78. The molecular weight excluding hydrogens is 330 g/mol. The summed E-state index contributed by atoms with van der Waals surface area (Å²) in [6, 6.07) is 17.3. The summed E-state index contributed by atoms with van der Waals surface area (Å²) in [4.78, 5) is 11.2. The normalized spacial score (nSPS) is 14.2. The summed E-state index contributed by atoms with van der Waals surface area (Å²) in [5.41, 5.74) is 8.91. The van der Waals surface area contributed by atoms with Crippen LogP contribution >= 0.6 is 0 Å². The number of hydrogen-bond donors (Lipinski definition) is 3. The van der Waals surface area contributed by atoms with Crippen LogP contribution in [0.2, 0.25) is 0 Å². The standard InChI is InChI=1S/C24H17N3/c1-4-10-16-13(7-1)19-22(25-16)20-15-9-3-6-12-18(15)27-24(20)21-14-8-2-5-11-17(14)26-23(19)21/h1-8,10-11,25-27H,9,12H2. The van der Waals surface area contributed by atoms with Gasteiger partial charge in [-0.25, -0.2) is 0 Å². The number of H-pyrrole nitrogens is 3. The van der Waals surface area contributed by atoms with Crippen LogP contribution in [-0.2, 0) is 12.8 Å². The molecule has 0 unspecified atom stereocenters. The van der Waals surface area contributed by atoms with E-state index >= 15 is 0 Å². The Labute approximate surface area is 154 Å². The van der Waals surface area contributed by atoms with Gasteiger partial charge in [-0.05, 0) is 24.1 Å². The Balaban J connectivity index is 1.88. The van der Waals surface area contributed by atoms with Gasteiger partial charge in [0, 0.05) is 50.1 Å². The van der Waals surface area contributed by atoms with E-state index < -0.39 is 0 Å². The van der Waals surface area contributed by atoms with Gasteiger partial charge in [-0.3, -0.25) is 0 Å². The van der Waals surface area contributed by atoms with Crippen LogP contribution in [0.4, 0.5) is 0 Å². The number of aromatic amines is 3. The van der Waals surface area contributed by atoms with Gasteiger partial charge in [0.2, 0.25) is 0 Å². The monoisotopic (exact) mass is 347 g/mol. The van der Waals surface area contributed by atoms with Crippen molar-refractivity contribution in [3.05, 3.63) is 71.9 Å². The molecule has 0 spiro atoms. The summed E-state index contributed by atoms with van der Waals surface area (Å²) in [5.74, 6) is 0. The molecule has 0 radical (unpaired) electrons. The van der Waals surface area contributed by atoms with Crippen molar-refractivity contribution in [1.29, 1.82) is 0 Å². The molecule has 6 aromatic rings. The first-order chi connectivity index (χ1) is 13.4. The smallest absolute Gasteiger partial charge is 0.0588 e. The molecule has 0 aliphatic heterocycles. The summed E-state index contributed by atoms with van der Waals surface area (Å²) in [6.07, 6.45) is 6.54. The molecule has 3 heterocycles. The minimum absolute atomic E-state index is 0.982. The van der Waals surface area contributed by atoms with Crippen molar-refractivity contribution in [2.75, 3.05) is 0 Å². The molecule has 3 N–H and O–H groups in total.